The van der Waals surface area contributed by atoms with Gasteiger partial charge in [-0.3, -0.25) is 0 Å². The molecule has 0 spiro atoms. The zero-order valence-electron chi connectivity index (χ0n) is 10.7. The zero-order valence-corrected chi connectivity index (χ0v) is 12.3. The van der Waals surface area contributed by atoms with Crippen molar-refractivity contribution in [2.45, 2.75) is 42.7 Å². The van der Waals surface area contributed by atoms with Crippen LogP contribution >= 0.6 is 11.6 Å². The summed E-state index contributed by atoms with van der Waals surface area (Å²) in [4.78, 5) is 3.77. The van der Waals surface area contributed by atoms with E-state index in [0.29, 0.717) is 12.8 Å². The molecule has 1 aliphatic rings. The number of nitrogens with zero attached hydrogens (tertiary/aromatic N) is 1. The SMILES string of the molecule is NNc1ncc(S(=O)(=O)NC2CCCCC2O)cc1Cl. The molecule has 7 nitrogen and oxygen atoms in total. The van der Waals surface area contributed by atoms with Gasteiger partial charge >= 0.3 is 0 Å². The van der Waals surface area contributed by atoms with Gasteiger partial charge in [-0.05, 0) is 18.9 Å². The van der Waals surface area contributed by atoms with Gasteiger partial charge in [-0.2, -0.15) is 0 Å². The molecule has 2 rings (SSSR count). The molecule has 0 aliphatic heterocycles. The smallest absolute Gasteiger partial charge is 0.242 e. The predicted octanol–water partition coefficient (Wildman–Crippen LogP) is 0.602. The maximum atomic E-state index is 12.2. The van der Waals surface area contributed by atoms with E-state index in [1.165, 1.54) is 12.3 Å². The molecule has 2 atom stereocenters. The van der Waals surface area contributed by atoms with Crippen LogP contribution in [0.3, 0.4) is 0 Å². The molecule has 9 heteroatoms. The largest absolute Gasteiger partial charge is 0.391 e. The van der Waals surface area contributed by atoms with E-state index < -0.39 is 22.2 Å². The van der Waals surface area contributed by atoms with Gasteiger partial charge in [-0.25, -0.2) is 24.0 Å². The molecule has 1 heterocycles. The van der Waals surface area contributed by atoms with Crippen molar-refractivity contribution in [3.05, 3.63) is 17.3 Å². The number of rotatable bonds is 4. The van der Waals surface area contributed by atoms with Crippen molar-refractivity contribution in [1.29, 1.82) is 0 Å². The third-order valence-corrected chi connectivity index (χ3v) is 5.04. The number of nitrogens with one attached hydrogen (secondary N) is 2. The number of hydrazine groups is 1. The van der Waals surface area contributed by atoms with Crippen LogP contribution in [-0.4, -0.2) is 30.7 Å². The molecule has 0 amide bonds. The number of aromatic nitrogens is 1. The van der Waals surface area contributed by atoms with E-state index in [1.54, 1.807) is 0 Å². The lowest BCUT2D eigenvalue weighted by Gasteiger charge is -2.28. The Balaban J connectivity index is 2.19. The van der Waals surface area contributed by atoms with Gasteiger partial charge in [0.1, 0.15) is 4.90 Å². The van der Waals surface area contributed by atoms with E-state index in [4.69, 9.17) is 17.4 Å². The summed E-state index contributed by atoms with van der Waals surface area (Å²) in [5.74, 6) is 5.38. The highest BCUT2D eigenvalue weighted by Gasteiger charge is 2.28. The fourth-order valence-corrected chi connectivity index (χ4v) is 3.75. The third-order valence-electron chi connectivity index (χ3n) is 3.30. The van der Waals surface area contributed by atoms with Crippen molar-refractivity contribution in [2.75, 3.05) is 5.43 Å². The number of hydrogen-bond acceptors (Lipinski definition) is 6. The van der Waals surface area contributed by atoms with Crippen molar-refractivity contribution in [1.82, 2.24) is 9.71 Å². The van der Waals surface area contributed by atoms with Crippen LogP contribution in [0.5, 0.6) is 0 Å². The fourth-order valence-electron chi connectivity index (χ4n) is 2.19. The van der Waals surface area contributed by atoms with Gasteiger partial charge < -0.3 is 10.5 Å². The highest BCUT2D eigenvalue weighted by atomic mass is 35.5. The lowest BCUT2D eigenvalue weighted by atomic mass is 9.93. The van der Waals surface area contributed by atoms with Gasteiger partial charge in [0.15, 0.2) is 5.82 Å². The molecular weight excluding hydrogens is 304 g/mol. The Morgan fingerprint density at radius 3 is 2.70 bits per heavy atom. The second kappa shape index (κ2) is 6.23. The minimum atomic E-state index is -3.77. The number of anilines is 1. The van der Waals surface area contributed by atoms with E-state index >= 15 is 0 Å². The summed E-state index contributed by atoms with van der Waals surface area (Å²) in [6.45, 7) is 0. The Labute approximate surface area is 122 Å². The number of halogens is 1. The molecule has 1 fully saturated rings. The number of hydrogen-bond donors (Lipinski definition) is 4. The highest BCUT2D eigenvalue weighted by molar-refractivity contribution is 7.89. The van der Waals surface area contributed by atoms with Crippen LogP contribution in [0.15, 0.2) is 17.2 Å². The Kier molecular flexibility index (Phi) is 4.82. The minimum Gasteiger partial charge on any atom is -0.391 e. The summed E-state index contributed by atoms with van der Waals surface area (Å²) in [5.41, 5.74) is 2.26. The summed E-state index contributed by atoms with van der Waals surface area (Å²) >= 11 is 5.86. The minimum absolute atomic E-state index is 0.0562. The molecule has 112 valence electrons. The second-order valence-electron chi connectivity index (χ2n) is 4.73. The van der Waals surface area contributed by atoms with Crippen molar-refractivity contribution < 1.29 is 13.5 Å². The van der Waals surface area contributed by atoms with Gasteiger partial charge in [0.25, 0.3) is 0 Å². The van der Waals surface area contributed by atoms with Gasteiger partial charge in [-0.15, -0.1) is 0 Å². The fraction of sp³-hybridized carbons (Fsp3) is 0.545. The molecule has 5 N–H and O–H groups in total. The first-order chi connectivity index (χ1) is 9.44. The first-order valence-electron chi connectivity index (χ1n) is 6.26. The lowest BCUT2D eigenvalue weighted by Crippen LogP contribution is -2.44. The first kappa shape index (κ1) is 15.5. The predicted molar refractivity (Wildman–Crippen MR) is 75.6 cm³/mol. The van der Waals surface area contributed by atoms with Crippen LogP contribution in [0.1, 0.15) is 25.7 Å². The van der Waals surface area contributed by atoms with Crippen LogP contribution in [0.4, 0.5) is 5.82 Å². The second-order valence-corrected chi connectivity index (χ2v) is 6.85. The summed E-state index contributed by atoms with van der Waals surface area (Å²) in [5, 5.41) is 9.93. The van der Waals surface area contributed by atoms with Crippen molar-refractivity contribution in [3.63, 3.8) is 0 Å². The summed E-state index contributed by atoms with van der Waals surface area (Å²) < 4.78 is 26.9. The van der Waals surface area contributed by atoms with Crippen molar-refractivity contribution >= 4 is 27.4 Å². The summed E-state index contributed by atoms with van der Waals surface area (Å²) in [7, 11) is -3.77. The Hall–Kier alpha value is -0.930. The van der Waals surface area contributed by atoms with Crippen molar-refractivity contribution in [2.24, 2.45) is 5.84 Å². The number of sulfonamides is 1. The van der Waals surface area contributed by atoms with Crippen LogP contribution in [-0.2, 0) is 10.0 Å². The Morgan fingerprint density at radius 1 is 1.40 bits per heavy atom. The first-order valence-corrected chi connectivity index (χ1v) is 8.12. The topological polar surface area (TPSA) is 117 Å². The normalized spacial score (nSPS) is 23.6. The average Bonchev–Trinajstić information content (AvgIpc) is 2.41. The number of nitrogen functional groups attached to an aromatic ring is 1. The maximum Gasteiger partial charge on any atom is 0.242 e. The van der Waals surface area contributed by atoms with E-state index in [-0.39, 0.29) is 15.7 Å². The standard InChI is InChI=1S/C11H17ClN4O3S/c12-8-5-7(6-14-11(8)15-13)20(18,19)16-9-3-1-2-4-10(9)17/h5-6,9-10,16-17H,1-4,13H2,(H,14,15). The maximum absolute atomic E-state index is 12.2. The molecule has 0 saturated heterocycles. The zero-order chi connectivity index (χ0) is 14.8. The highest BCUT2D eigenvalue weighted by Crippen LogP contribution is 2.24. The van der Waals surface area contributed by atoms with Gasteiger partial charge in [0, 0.05) is 12.2 Å². The monoisotopic (exact) mass is 320 g/mol. The average molecular weight is 321 g/mol. The van der Waals surface area contributed by atoms with Gasteiger partial charge in [0.2, 0.25) is 10.0 Å². The van der Waals surface area contributed by atoms with E-state index in [2.05, 4.69) is 15.1 Å². The van der Waals surface area contributed by atoms with Crippen molar-refractivity contribution in [3.8, 4) is 0 Å². The number of aliphatic hydroxyl groups is 1. The summed E-state index contributed by atoms with van der Waals surface area (Å²) in [6, 6.07) is 0.793. The lowest BCUT2D eigenvalue weighted by molar-refractivity contribution is 0.101. The number of aliphatic hydroxyl groups excluding tert-OH is 1. The van der Waals surface area contributed by atoms with Gasteiger partial charge in [0.05, 0.1) is 11.1 Å². The van der Waals surface area contributed by atoms with E-state index in [0.717, 1.165) is 12.8 Å². The third kappa shape index (κ3) is 3.39. The Morgan fingerprint density at radius 2 is 2.10 bits per heavy atom. The quantitative estimate of drug-likeness (QED) is 0.477. The van der Waals surface area contributed by atoms with Crippen LogP contribution in [0.2, 0.25) is 5.02 Å². The van der Waals surface area contributed by atoms with Gasteiger partial charge in [-0.1, -0.05) is 24.4 Å². The van der Waals surface area contributed by atoms with E-state index in [9.17, 15) is 13.5 Å². The molecule has 2 unspecified atom stereocenters. The van der Waals surface area contributed by atoms with Crippen LogP contribution < -0.4 is 16.0 Å². The summed E-state index contributed by atoms with van der Waals surface area (Å²) in [6.07, 6.45) is 3.51. The molecular formula is C11H17ClN4O3S. The number of pyridine rings is 1. The molecule has 1 aromatic heterocycles. The molecule has 0 aromatic carbocycles. The number of nitrogens with two attached hydrogens (primary N) is 1. The molecule has 0 bridgehead atoms. The Bertz CT molecular complexity index is 581. The van der Waals surface area contributed by atoms with Crippen LogP contribution in [0, 0.1) is 0 Å². The van der Waals surface area contributed by atoms with E-state index in [1.807, 2.05) is 0 Å². The molecule has 1 aliphatic carbocycles. The molecule has 0 radical (unpaired) electrons. The van der Waals surface area contributed by atoms with Crippen LogP contribution in [0.25, 0.3) is 0 Å². The molecule has 1 aromatic rings. The molecule has 1 saturated carbocycles. The molecule has 20 heavy (non-hydrogen) atoms.